The van der Waals surface area contributed by atoms with E-state index in [4.69, 9.17) is 9.88 Å². The van der Waals surface area contributed by atoms with Crippen molar-refractivity contribution < 1.29 is 23.1 Å². The Bertz CT molecular complexity index is 867. The van der Waals surface area contributed by atoms with Crippen molar-refractivity contribution in [2.75, 3.05) is 13.1 Å². The zero-order valence-corrected chi connectivity index (χ0v) is 15.3. The third-order valence-corrected chi connectivity index (χ3v) is 6.41. The molecule has 140 valence electrons. The van der Waals surface area contributed by atoms with Crippen molar-refractivity contribution in [2.45, 2.75) is 31.1 Å². The normalized spacial score (nSPS) is 24.1. The molecule has 0 radical (unpaired) electrons. The highest BCUT2D eigenvalue weighted by atomic mass is 32.2. The molecule has 1 heterocycles. The molecule has 1 aliphatic carbocycles. The van der Waals surface area contributed by atoms with Crippen molar-refractivity contribution >= 4 is 16.0 Å². The van der Waals surface area contributed by atoms with Gasteiger partial charge in [-0.05, 0) is 44.1 Å². The molecule has 1 saturated heterocycles. The predicted octanol–water partition coefficient (Wildman–Crippen LogP) is 1.75. The second-order valence-electron chi connectivity index (χ2n) is 6.64. The van der Waals surface area contributed by atoms with E-state index in [0.717, 1.165) is 18.4 Å². The Morgan fingerprint density at radius 3 is 2.35 bits per heavy atom. The summed E-state index contributed by atoms with van der Waals surface area (Å²) in [6.07, 6.45) is 4.18. The highest BCUT2D eigenvalue weighted by Gasteiger charge is 2.54. The van der Waals surface area contributed by atoms with Crippen molar-refractivity contribution in [3.8, 4) is 5.75 Å². The molecule has 3 rings (SSSR count). The quantitative estimate of drug-likeness (QED) is 0.808. The molecule has 1 fully saturated rings. The first-order valence-electron chi connectivity index (χ1n) is 8.40. The van der Waals surface area contributed by atoms with Crippen LogP contribution in [0.4, 0.5) is 0 Å². The number of sulfonamides is 1. The minimum Gasteiger partial charge on any atom is -0.478 e. The molecule has 1 unspecified atom stereocenters. The van der Waals surface area contributed by atoms with E-state index in [0.29, 0.717) is 18.8 Å². The van der Waals surface area contributed by atoms with Crippen molar-refractivity contribution in [2.24, 2.45) is 5.14 Å². The van der Waals surface area contributed by atoms with E-state index in [9.17, 15) is 18.3 Å². The number of hydrogen-bond donors (Lipinski definition) is 2. The molecule has 0 amide bonds. The van der Waals surface area contributed by atoms with Gasteiger partial charge >= 0.3 is 5.97 Å². The lowest BCUT2D eigenvalue weighted by atomic mass is 9.96. The number of benzene rings is 1. The molecular weight excluding hydrogens is 356 g/mol. The molecular formula is C18H22N2O5S. The fraction of sp³-hybridized carbons (Fsp3) is 0.389. The molecule has 1 aliphatic heterocycles. The Hall–Kier alpha value is -2.16. The highest BCUT2D eigenvalue weighted by Crippen LogP contribution is 2.41. The summed E-state index contributed by atoms with van der Waals surface area (Å²) in [5.41, 5.74) is 1.03. The number of aryl methyl sites for hydroxylation is 1. The maximum Gasteiger partial charge on any atom is 0.331 e. The zero-order valence-electron chi connectivity index (χ0n) is 14.5. The van der Waals surface area contributed by atoms with Gasteiger partial charge in [-0.1, -0.05) is 17.7 Å². The van der Waals surface area contributed by atoms with Crippen LogP contribution in [0.15, 0.2) is 47.7 Å². The van der Waals surface area contributed by atoms with Crippen molar-refractivity contribution in [3.63, 3.8) is 0 Å². The maximum atomic E-state index is 12.7. The first kappa shape index (κ1) is 18.6. The number of likely N-dealkylation sites (tertiary alicyclic amines) is 1. The monoisotopic (exact) mass is 378 g/mol. The molecule has 8 heteroatoms. The van der Waals surface area contributed by atoms with Crippen LogP contribution < -0.4 is 9.88 Å². The van der Waals surface area contributed by atoms with Crippen LogP contribution in [0, 0.1) is 6.92 Å². The van der Waals surface area contributed by atoms with E-state index in [1.54, 1.807) is 17.0 Å². The van der Waals surface area contributed by atoms with Crippen LogP contribution in [-0.4, -0.2) is 42.4 Å². The second kappa shape index (κ2) is 6.86. The molecule has 7 nitrogen and oxygen atoms in total. The molecule has 0 bridgehead atoms. The molecule has 1 aromatic rings. The third-order valence-electron chi connectivity index (χ3n) is 4.86. The Morgan fingerprint density at radius 1 is 1.19 bits per heavy atom. The standard InChI is InChI=1S/C18H22N2O5S/c1-13-4-7-15(8-5-13)25-16-9-6-14(17(21)22)12-18(16,26(19,23)24)20-10-2-3-11-20/h4-9H,2-3,10-12H2,1H3,(H,21,22)(H2,19,23,24). The van der Waals surface area contributed by atoms with Crippen molar-refractivity contribution in [3.05, 3.63) is 53.3 Å². The van der Waals surface area contributed by atoms with E-state index in [2.05, 4.69) is 0 Å². The van der Waals surface area contributed by atoms with Gasteiger partial charge in [-0.15, -0.1) is 0 Å². The van der Waals surface area contributed by atoms with E-state index >= 15 is 0 Å². The fourth-order valence-electron chi connectivity index (χ4n) is 3.47. The average molecular weight is 378 g/mol. The topological polar surface area (TPSA) is 110 Å². The van der Waals surface area contributed by atoms with Crippen LogP contribution in [0.2, 0.25) is 0 Å². The summed E-state index contributed by atoms with van der Waals surface area (Å²) >= 11 is 0. The summed E-state index contributed by atoms with van der Waals surface area (Å²) in [6, 6.07) is 7.19. The van der Waals surface area contributed by atoms with E-state index in [-0.39, 0.29) is 17.8 Å². The molecule has 0 aromatic heterocycles. The van der Waals surface area contributed by atoms with Crippen LogP contribution in [-0.2, 0) is 14.8 Å². The lowest BCUT2D eigenvalue weighted by molar-refractivity contribution is -0.133. The van der Waals surface area contributed by atoms with Crippen LogP contribution in [0.25, 0.3) is 0 Å². The number of rotatable bonds is 5. The Labute approximate surface area is 152 Å². The zero-order chi connectivity index (χ0) is 18.9. The van der Waals surface area contributed by atoms with Gasteiger partial charge < -0.3 is 9.84 Å². The van der Waals surface area contributed by atoms with Crippen molar-refractivity contribution in [1.82, 2.24) is 4.90 Å². The molecule has 3 N–H and O–H groups in total. The van der Waals surface area contributed by atoms with E-state index < -0.39 is 20.9 Å². The van der Waals surface area contributed by atoms with Crippen LogP contribution >= 0.6 is 0 Å². The number of nitrogens with two attached hydrogens (primary N) is 1. The summed E-state index contributed by atoms with van der Waals surface area (Å²) in [7, 11) is -4.19. The molecule has 26 heavy (non-hydrogen) atoms. The molecule has 0 spiro atoms. The van der Waals surface area contributed by atoms with Gasteiger partial charge in [0.2, 0.25) is 14.9 Å². The Morgan fingerprint density at radius 2 is 1.81 bits per heavy atom. The third kappa shape index (κ3) is 3.27. The lowest BCUT2D eigenvalue weighted by Crippen LogP contribution is -2.59. The largest absolute Gasteiger partial charge is 0.478 e. The van der Waals surface area contributed by atoms with Gasteiger partial charge in [-0.3, -0.25) is 4.90 Å². The fourth-order valence-corrected chi connectivity index (χ4v) is 4.76. The minimum atomic E-state index is -4.19. The summed E-state index contributed by atoms with van der Waals surface area (Å²) in [4.78, 5) is 11.5. The lowest BCUT2D eigenvalue weighted by Gasteiger charge is -2.42. The van der Waals surface area contributed by atoms with Gasteiger partial charge in [-0.2, -0.15) is 0 Å². The average Bonchev–Trinajstić information content (AvgIpc) is 3.10. The van der Waals surface area contributed by atoms with E-state index in [1.165, 1.54) is 12.2 Å². The predicted molar refractivity (Wildman–Crippen MR) is 96.9 cm³/mol. The SMILES string of the molecule is Cc1ccc(OC2=CC=C(C(=O)O)CC2(N2CCCC2)S(N)(=O)=O)cc1. The first-order valence-corrected chi connectivity index (χ1v) is 9.95. The molecule has 2 aliphatic rings. The number of allylic oxidation sites excluding steroid dienone is 2. The number of carbonyl (C=O) groups is 1. The van der Waals surface area contributed by atoms with Gasteiger partial charge in [0.25, 0.3) is 0 Å². The van der Waals surface area contributed by atoms with Gasteiger partial charge in [0, 0.05) is 25.1 Å². The Balaban J connectivity index is 2.11. The summed E-state index contributed by atoms with van der Waals surface area (Å²) in [5, 5.41) is 15.0. The van der Waals surface area contributed by atoms with Gasteiger partial charge in [0.05, 0.1) is 0 Å². The maximum absolute atomic E-state index is 12.7. The summed E-state index contributed by atoms with van der Waals surface area (Å²) in [6.45, 7) is 2.96. The van der Waals surface area contributed by atoms with Gasteiger partial charge in [-0.25, -0.2) is 18.4 Å². The number of primary sulfonamides is 1. The van der Waals surface area contributed by atoms with Crippen LogP contribution in [0.1, 0.15) is 24.8 Å². The summed E-state index contributed by atoms with van der Waals surface area (Å²) in [5.74, 6) is -0.556. The number of carboxylic acids is 1. The number of hydrogen-bond acceptors (Lipinski definition) is 5. The van der Waals surface area contributed by atoms with Gasteiger partial charge in [0.1, 0.15) is 11.5 Å². The molecule has 1 aromatic carbocycles. The van der Waals surface area contributed by atoms with Crippen LogP contribution in [0.3, 0.4) is 0 Å². The Kier molecular flexibility index (Phi) is 4.92. The van der Waals surface area contributed by atoms with Crippen LogP contribution in [0.5, 0.6) is 5.75 Å². The second-order valence-corrected chi connectivity index (χ2v) is 8.41. The smallest absolute Gasteiger partial charge is 0.331 e. The van der Waals surface area contributed by atoms with Gasteiger partial charge in [0.15, 0.2) is 0 Å². The summed E-state index contributed by atoms with van der Waals surface area (Å²) < 4.78 is 31.3. The number of ether oxygens (including phenoxy) is 1. The first-order chi connectivity index (χ1) is 12.2. The number of nitrogens with zero attached hydrogens (tertiary/aromatic N) is 1. The molecule has 0 saturated carbocycles. The molecule has 1 atom stereocenters. The minimum absolute atomic E-state index is 0.0119. The number of carboxylic acid groups (broad SMARTS) is 1. The van der Waals surface area contributed by atoms with Crippen molar-refractivity contribution in [1.29, 1.82) is 0 Å². The number of aliphatic carboxylic acids is 1. The highest BCUT2D eigenvalue weighted by molar-refractivity contribution is 7.90. The van der Waals surface area contributed by atoms with E-state index in [1.807, 2.05) is 19.1 Å².